The molecule has 0 radical (unpaired) electrons. The predicted octanol–water partition coefficient (Wildman–Crippen LogP) is -0.746. The van der Waals surface area contributed by atoms with Gasteiger partial charge in [0, 0.05) is 0 Å². The van der Waals surface area contributed by atoms with Gasteiger partial charge in [-0.25, -0.2) is 0 Å². The van der Waals surface area contributed by atoms with Gasteiger partial charge in [0.25, 0.3) is 0 Å². The Hall–Kier alpha value is 0.816. The van der Waals surface area contributed by atoms with Crippen molar-refractivity contribution in [2.75, 3.05) is 0 Å². The molecular weight excluding hydrogens is 268 g/mol. The van der Waals surface area contributed by atoms with Gasteiger partial charge in [0.15, 0.2) is 0 Å². The normalized spacial score (nSPS) is 7.30. The Balaban J connectivity index is 0. The molecule has 0 bridgehead atoms. The van der Waals surface area contributed by atoms with Crippen LogP contribution in [0.1, 0.15) is 5.56 Å². The van der Waals surface area contributed by atoms with Crippen LogP contribution in [0.3, 0.4) is 0 Å². The summed E-state index contributed by atoms with van der Waals surface area (Å²) in [5.41, 5.74) is 1.03. The van der Waals surface area contributed by atoms with Gasteiger partial charge in [0.1, 0.15) is 0 Å². The molecule has 1 rings (SSSR count). The van der Waals surface area contributed by atoms with Gasteiger partial charge in [0.05, 0.1) is 0 Å². The van der Waals surface area contributed by atoms with Gasteiger partial charge in [0.2, 0.25) is 0 Å². The molecule has 0 aliphatic carbocycles. The molecule has 3 heteroatoms. The molecule has 1 aromatic carbocycles. The van der Waals surface area contributed by atoms with E-state index in [-0.39, 0.29) is 40.0 Å². The molecular formula is C7H6Br2Mg. The first kappa shape index (κ1) is 13.4. The summed E-state index contributed by atoms with van der Waals surface area (Å²) in [5, 5.41) is 0. The molecule has 0 unspecified atom stereocenters. The fraction of sp³-hybridized carbons (Fsp3) is 0. The topological polar surface area (TPSA) is 0 Å². The molecule has 0 aliphatic heterocycles. The third-order valence-electron chi connectivity index (χ3n) is 0.958. The second kappa shape index (κ2) is 6.52. The Labute approximate surface area is 96.4 Å². The molecule has 0 N–H and O–H groups in total. The summed E-state index contributed by atoms with van der Waals surface area (Å²) in [7, 11) is 0. The summed E-state index contributed by atoms with van der Waals surface area (Å²) < 4.78 is 1.07. The molecule has 0 fully saturated rings. The first-order chi connectivity index (χ1) is 3.80. The van der Waals surface area contributed by atoms with Gasteiger partial charge in [-0.1, -0.05) is 10.5 Å². The van der Waals surface area contributed by atoms with Crippen LogP contribution in [0.4, 0.5) is 0 Å². The molecule has 0 aliphatic rings. The summed E-state index contributed by atoms with van der Waals surface area (Å²) in [6.07, 6.45) is 0. The SMILES string of the molecule is [Br-].[CH2-]c1ccccc1Br.[Mg+2]. The van der Waals surface area contributed by atoms with Crippen LogP contribution in [0.15, 0.2) is 28.7 Å². The molecule has 0 nitrogen and oxygen atoms in total. The Bertz CT molecular complexity index is 168. The van der Waals surface area contributed by atoms with E-state index in [4.69, 9.17) is 0 Å². The maximum atomic E-state index is 3.77. The first-order valence-electron chi connectivity index (χ1n) is 2.37. The van der Waals surface area contributed by atoms with Crippen LogP contribution >= 0.6 is 15.9 Å². The summed E-state index contributed by atoms with van der Waals surface area (Å²) >= 11 is 3.33. The van der Waals surface area contributed by atoms with E-state index in [1.807, 2.05) is 24.3 Å². The second-order valence-electron chi connectivity index (χ2n) is 1.59. The van der Waals surface area contributed by atoms with Crippen LogP contribution in [0.2, 0.25) is 0 Å². The smallest absolute Gasteiger partial charge is 1.00 e. The monoisotopic (exact) mass is 272 g/mol. The third-order valence-corrected chi connectivity index (χ3v) is 1.73. The standard InChI is InChI=1S/C7H6Br.BrH.Mg/c1-6-4-2-3-5-7(6)8;;/h2-5H,1H2;1H;/q-1;;+2/p-1. The van der Waals surface area contributed by atoms with Gasteiger partial charge < -0.3 is 17.0 Å². The zero-order chi connectivity index (χ0) is 5.98. The molecule has 0 aromatic heterocycles. The second-order valence-corrected chi connectivity index (χ2v) is 2.45. The van der Waals surface area contributed by atoms with E-state index in [1.165, 1.54) is 0 Å². The Morgan fingerprint density at radius 1 is 1.20 bits per heavy atom. The van der Waals surface area contributed by atoms with Crippen molar-refractivity contribution in [1.82, 2.24) is 0 Å². The number of hydrogen-bond donors (Lipinski definition) is 0. The Morgan fingerprint density at radius 3 is 2.00 bits per heavy atom. The number of benzene rings is 1. The molecule has 10 heavy (non-hydrogen) atoms. The maximum absolute atomic E-state index is 3.77. The molecule has 0 saturated carbocycles. The van der Waals surface area contributed by atoms with Crippen molar-refractivity contribution in [2.24, 2.45) is 0 Å². The van der Waals surface area contributed by atoms with Gasteiger partial charge in [-0.3, -0.25) is 0 Å². The van der Waals surface area contributed by atoms with Crippen molar-refractivity contribution in [3.8, 4) is 0 Å². The molecule has 0 amide bonds. The summed E-state index contributed by atoms with van der Waals surface area (Å²) in [6.45, 7) is 3.77. The van der Waals surface area contributed by atoms with Crippen LogP contribution in [0.5, 0.6) is 0 Å². The zero-order valence-corrected chi connectivity index (χ0v) is 10.1. The molecule has 0 saturated heterocycles. The van der Waals surface area contributed by atoms with Gasteiger partial charge in [-0.15, -0.1) is 28.1 Å². The molecule has 50 valence electrons. The Morgan fingerprint density at radius 2 is 1.70 bits per heavy atom. The number of hydrogen-bond acceptors (Lipinski definition) is 0. The van der Waals surface area contributed by atoms with Crippen molar-refractivity contribution in [3.05, 3.63) is 41.2 Å². The predicted molar refractivity (Wildman–Crippen MR) is 44.4 cm³/mol. The molecule has 0 heterocycles. The van der Waals surface area contributed by atoms with Crippen molar-refractivity contribution in [1.29, 1.82) is 0 Å². The average Bonchev–Trinajstić information content (AvgIpc) is 1.77. The van der Waals surface area contributed by atoms with Crippen LogP contribution in [0, 0.1) is 6.92 Å². The number of halogens is 2. The van der Waals surface area contributed by atoms with Gasteiger partial charge >= 0.3 is 23.1 Å². The minimum absolute atomic E-state index is 0. The van der Waals surface area contributed by atoms with Crippen LogP contribution < -0.4 is 17.0 Å². The maximum Gasteiger partial charge on any atom is 2.00 e. The number of rotatable bonds is 0. The minimum atomic E-state index is 0. The van der Waals surface area contributed by atoms with Crippen molar-refractivity contribution < 1.29 is 17.0 Å². The largest absolute Gasteiger partial charge is 2.00 e. The third kappa shape index (κ3) is 3.86. The van der Waals surface area contributed by atoms with E-state index in [9.17, 15) is 0 Å². The molecule has 0 atom stereocenters. The minimum Gasteiger partial charge on any atom is -1.00 e. The molecule has 1 aromatic rings. The van der Waals surface area contributed by atoms with Crippen molar-refractivity contribution in [3.63, 3.8) is 0 Å². The van der Waals surface area contributed by atoms with E-state index in [2.05, 4.69) is 22.9 Å². The van der Waals surface area contributed by atoms with Crippen molar-refractivity contribution in [2.45, 2.75) is 0 Å². The van der Waals surface area contributed by atoms with Crippen molar-refractivity contribution >= 4 is 39.0 Å². The zero-order valence-electron chi connectivity index (χ0n) is 5.48. The van der Waals surface area contributed by atoms with Crippen LogP contribution in [0.25, 0.3) is 0 Å². The fourth-order valence-corrected chi connectivity index (χ4v) is 0.783. The van der Waals surface area contributed by atoms with E-state index < -0.39 is 0 Å². The molecule has 0 spiro atoms. The van der Waals surface area contributed by atoms with E-state index >= 15 is 0 Å². The summed E-state index contributed by atoms with van der Waals surface area (Å²) in [4.78, 5) is 0. The van der Waals surface area contributed by atoms with E-state index in [0.29, 0.717) is 0 Å². The van der Waals surface area contributed by atoms with Gasteiger partial charge in [-0.05, 0) is 0 Å². The van der Waals surface area contributed by atoms with Crippen LogP contribution in [-0.2, 0) is 0 Å². The summed E-state index contributed by atoms with van der Waals surface area (Å²) in [6, 6.07) is 7.87. The van der Waals surface area contributed by atoms with E-state index in [1.54, 1.807) is 0 Å². The quantitative estimate of drug-likeness (QED) is 0.431. The Kier molecular flexibility index (Phi) is 8.74. The fourth-order valence-electron chi connectivity index (χ4n) is 0.498. The van der Waals surface area contributed by atoms with Crippen LogP contribution in [-0.4, -0.2) is 23.1 Å². The first-order valence-corrected chi connectivity index (χ1v) is 3.16. The van der Waals surface area contributed by atoms with Gasteiger partial charge in [-0.2, -0.15) is 18.6 Å². The van der Waals surface area contributed by atoms with E-state index in [0.717, 1.165) is 10.0 Å². The average molecular weight is 274 g/mol. The summed E-state index contributed by atoms with van der Waals surface area (Å²) in [5.74, 6) is 0.